The first-order valence-electron chi connectivity index (χ1n) is 11.0. The average molecular weight is 480 g/mol. The van der Waals surface area contributed by atoms with Crippen LogP contribution in [0.3, 0.4) is 0 Å². The standard InChI is InChI=1S/C26H29N3O4S/c1-4-19(2)27-25(30)21-14-8-10-16-23(21)28-26(31)22-15-9-11-17-24(22)29(34(3,32)33)18-20-12-6-5-7-13-20/h5-17,19H,4,18H2,1-3H3,(H,27,30)(H,28,31)/t19-/m0/s1. The Labute approximate surface area is 200 Å². The van der Waals surface area contributed by atoms with Crippen LogP contribution in [-0.2, 0) is 16.6 Å². The molecule has 0 unspecified atom stereocenters. The maximum Gasteiger partial charge on any atom is 0.257 e. The zero-order chi connectivity index (χ0) is 24.7. The van der Waals surface area contributed by atoms with Crippen LogP contribution in [-0.4, -0.2) is 32.5 Å². The van der Waals surface area contributed by atoms with Crippen LogP contribution >= 0.6 is 0 Å². The summed E-state index contributed by atoms with van der Waals surface area (Å²) < 4.78 is 26.6. The number of carbonyl (C=O) groups excluding carboxylic acids is 2. The first kappa shape index (κ1) is 25.0. The molecule has 0 aromatic heterocycles. The van der Waals surface area contributed by atoms with Crippen LogP contribution in [0.5, 0.6) is 0 Å². The molecule has 0 aliphatic rings. The maximum atomic E-state index is 13.3. The lowest BCUT2D eigenvalue weighted by atomic mass is 10.1. The summed E-state index contributed by atoms with van der Waals surface area (Å²) in [5.41, 5.74) is 1.90. The SMILES string of the molecule is CC[C@H](C)NC(=O)c1ccccc1NC(=O)c1ccccc1N(Cc1ccccc1)S(C)(=O)=O. The van der Waals surface area contributed by atoms with Crippen LogP contribution in [0.2, 0.25) is 0 Å². The van der Waals surface area contributed by atoms with Crippen molar-refractivity contribution in [3.63, 3.8) is 0 Å². The van der Waals surface area contributed by atoms with E-state index in [1.807, 2.05) is 44.2 Å². The fourth-order valence-electron chi connectivity index (χ4n) is 3.40. The second-order valence-corrected chi connectivity index (χ2v) is 9.96. The van der Waals surface area contributed by atoms with Crippen LogP contribution in [0.25, 0.3) is 0 Å². The van der Waals surface area contributed by atoms with Crippen molar-refractivity contribution in [1.29, 1.82) is 0 Å². The van der Waals surface area contributed by atoms with Crippen LogP contribution in [0.1, 0.15) is 46.5 Å². The van der Waals surface area contributed by atoms with Crippen LogP contribution in [0.4, 0.5) is 11.4 Å². The number of anilines is 2. The van der Waals surface area contributed by atoms with E-state index in [0.717, 1.165) is 18.2 Å². The second-order valence-electron chi connectivity index (χ2n) is 8.05. The van der Waals surface area contributed by atoms with E-state index >= 15 is 0 Å². The minimum absolute atomic E-state index is 0.0155. The van der Waals surface area contributed by atoms with Gasteiger partial charge in [0.25, 0.3) is 11.8 Å². The molecule has 0 saturated carbocycles. The molecule has 0 fully saturated rings. The first-order chi connectivity index (χ1) is 16.2. The van der Waals surface area contributed by atoms with Gasteiger partial charge in [-0.3, -0.25) is 13.9 Å². The van der Waals surface area contributed by atoms with E-state index in [-0.39, 0.29) is 29.7 Å². The third-order valence-electron chi connectivity index (χ3n) is 5.40. The molecule has 2 amide bonds. The number of amides is 2. The minimum atomic E-state index is -3.69. The second kappa shape index (κ2) is 11.0. The van der Waals surface area contributed by atoms with Gasteiger partial charge in [-0.25, -0.2) is 8.42 Å². The number of hydrogen-bond donors (Lipinski definition) is 2. The quantitative estimate of drug-likeness (QED) is 0.475. The largest absolute Gasteiger partial charge is 0.350 e. The van der Waals surface area contributed by atoms with Gasteiger partial charge < -0.3 is 10.6 Å². The number of benzene rings is 3. The van der Waals surface area contributed by atoms with E-state index in [2.05, 4.69) is 10.6 Å². The van der Waals surface area contributed by atoms with E-state index in [1.165, 1.54) is 4.31 Å². The van der Waals surface area contributed by atoms with Gasteiger partial charge in [-0.1, -0.05) is 61.5 Å². The van der Waals surface area contributed by atoms with Gasteiger partial charge in [0.2, 0.25) is 10.0 Å². The number of para-hydroxylation sites is 2. The monoisotopic (exact) mass is 479 g/mol. The van der Waals surface area contributed by atoms with Crippen LogP contribution in [0.15, 0.2) is 78.9 Å². The Hall–Kier alpha value is -3.65. The Kier molecular flexibility index (Phi) is 8.07. The normalized spacial score (nSPS) is 12.0. The highest BCUT2D eigenvalue weighted by molar-refractivity contribution is 7.92. The number of nitrogens with one attached hydrogen (secondary N) is 2. The van der Waals surface area contributed by atoms with Crippen LogP contribution < -0.4 is 14.9 Å². The van der Waals surface area contributed by atoms with Gasteiger partial charge in [-0.2, -0.15) is 0 Å². The average Bonchev–Trinajstić information content (AvgIpc) is 2.82. The van der Waals surface area contributed by atoms with Crippen molar-refractivity contribution in [2.45, 2.75) is 32.9 Å². The van der Waals surface area contributed by atoms with E-state index < -0.39 is 15.9 Å². The molecule has 3 aromatic carbocycles. The molecule has 0 saturated heterocycles. The molecule has 1 atom stereocenters. The summed E-state index contributed by atoms with van der Waals surface area (Å²) >= 11 is 0. The van der Waals surface area contributed by atoms with Crippen molar-refractivity contribution < 1.29 is 18.0 Å². The predicted molar refractivity (Wildman–Crippen MR) is 136 cm³/mol. The van der Waals surface area contributed by atoms with Gasteiger partial charge in [-0.05, 0) is 43.2 Å². The van der Waals surface area contributed by atoms with Crippen LogP contribution in [0, 0.1) is 0 Å². The van der Waals surface area contributed by atoms with Gasteiger partial charge in [0.1, 0.15) is 0 Å². The van der Waals surface area contributed by atoms with E-state index in [4.69, 9.17) is 0 Å². The highest BCUT2D eigenvalue weighted by Crippen LogP contribution is 2.27. The Bertz CT molecular complexity index is 1260. The van der Waals surface area contributed by atoms with E-state index in [0.29, 0.717) is 11.3 Å². The van der Waals surface area contributed by atoms with Crippen molar-refractivity contribution in [2.75, 3.05) is 15.9 Å². The smallest absolute Gasteiger partial charge is 0.257 e. The molecule has 0 radical (unpaired) electrons. The van der Waals surface area contributed by atoms with Gasteiger partial charge >= 0.3 is 0 Å². The zero-order valence-electron chi connectivity index (χ0n) is 19.5. The fraction of sp³-hybridized carbons (Fsp3) is 0.231. The van der Waals surface area contributed by atoms with Crippen molar-refractivity contribution in [3.05, 3.63) is 95.6 Å². The predicted octanol–water partition coefficient (Wildman–Crippen LogP) is 4.43. The highest BCUT2D eigenvalue weighted by atomic mass is 32.2. The summed E-state index contributed by atoms with van der Waals surface area (Å²) in [4.78, 5) is 26.0. The van der Waals surface area contributed by atoms with Crippen molar-refractivity contribution in [1.82, 2.24) is 5.32 Å². The third kappa shape index (κ3) is 6.23. The molecule has 2 N–H and O–H groups in total. The van der Waals surface area contributed by atoms with Gasteiger partial charge in [-0.15, -0.1) is 0 Å². The zero-order valence-corrected chi connectivity index (χ0v) is 20.3. The fourth-order valence-corrected chi connectivity index (χ4v) is 4.30. The molecular weight excluding hydrogens is 450 g/mol. The van der Waals surface area contributed by atoms with E-state index in [1.54, 1.807) is 48.5 Å². The summed E-state index contributed by atoms with van der Waals surface area (Å²) in [7, 11) is -3.69. The molecule has 0 spiro atoms. The summed E-state index contributed by atoms with van der Waals surface area (Å²) in [6, 6.07) is 22.4. The van der Waals surface area contributed by atoms with Crippen molar-refractivity contribution >= 4 is 33.2 Å². The lowest BCUT2D eigenvalue weighted by Crippen LogP contribution is -2.33. The molecule has 178 valence electrons. The minimum Gasteiger partial charge on any atom is -0.350 e. The number of hydrogen-bond acceptors (Lipinski definition) is 4. The molecule has 0 aliphatic carbocycles. The topological polar surface area (TPSA) is 95.6 Å². The van der Waals surface area contributed by atoms with Gasteiger partial charge in [0, 0.05) is 6.04 Å². The Morgan fingerprint density at radius 1 is 0.853 bits per heavy atom. The lowest BCUT2D eigenvalue weighted by Gasteiger charge is -2.25. The molecule has 0 heterocycles. The number of nitrogens with zero attached hydrogens (tertiary/aromatic N) is 1. The molecule has 0 aliphatic heterocycles. The van der Waals surface area contributed by atoms with Crippen molar-refractivity contribution in [2.24, 2.45) is 0 Å². The third-order valence-corrected chi connectivity index (χ3v) is 6.52. The molecule has 0 bridgehead atoms. The Morgan fingerprint density at radius 3 is 2.09 bits per heavy atom. The van der Waals surface area contributed by atoms with Gasteiger partial charge in [0.05, 0.1) is 35.3 Å². The Morgan fingerprint density at radius 2 is 1.44 bits per heavy atom. The molecule has 7 nitrogen and oxygen atoms in total. The summed E-state index contributed by atoms with van der Waals surface area (Å²) in [6.45, 7) is 3.96. The maximum absolute atomic E-state index is 13.3. The first-order valence-corrected chi connectivity index (χ1v) is 12.9. The Balaban J connectivity index is 1.94. The number of carbonyl (C=O) groups is 2. The summed E-state index contributed by atoms with van der Waals surface area (Å²) in [5.74, 6) is -0.804. The number of rotatable bonds is 9. The highest BCUT2D eigenvalue weighted by Gasteiger charge is 2.24. The number of sulfonamides is 1. The van der Waals surface area contributed by atoms with E-state index in [9.17, 15) is 18.0 Å². The van der Waals surface area contributed by atoms with Gasteiger partial charge in [0.15, 0.2) is 0 Å². The molecule has 3 aromatic rings. The molecule has 34 heavy (non-hydrogen) atoms. The summed E-state index contributed by atoms with van der Waals surface area (Å²) in [5, 5.41) is 5.69. The molecule has 8 heteroatoms. The molecular formula is C26H29N3O4S. The molecule has 3 rings (SSSR count). The summed E-state index contributed by atoms with van der Waals surface area (Å²) in [6.07, 6.45) is 1.88. The lowest BCUT2D eigenvalue weighted by molar-refractivity contribution is 0.0940. The van der Waals surface area contributed by atoms with Crippen molar-refractivity contribution in [3.8, 4) is 0 Å².